The molecule has 0 aliphatic carbocycles. The molecule has 3 aliphatic rings. The summed E-state index contributed by atoms with van der Waals surface area (Å²) in [6.45, 7) is 6.35. The largest absolute Gasteiger partial charge is 0.394 e. The fraction of sp³-hybridized carbons (Fsp3) is 0.864. The van der Waals surface area contributed by atoms with Crippen LogP contribution in [0.2, 0.25) is 0 Å². The Hall–Kier alpha value is -1.19. The Kier molecular flexibility index (Phi) is 7.69. The van der Waals surface area contributed by atoms with Gasteiger partial charge < -0.3 is 25.4 Å². The predicted molar refractivity (Wildman–Crippen MR) is 119 cm³/mol. The molecule has 31 heavy (non-hydrogen) atoms. The molecular weight excluding hydrogens is 466 g/mol. The van der Waals surface area contributed by atoms with E-state index in [1.165, 1.54) is 0 Å². The molecule has 3 heterocycles. The Morgan fingerprint density at radius 3 is 2.61 bits per heavy atom. The number of likely N-dealkylation sites (tertiary alicyclic amines) is 1. The van der Waals surface area contributed by atoms with Crippen LogP contribution < -0.4 is 10.6 Å². The predicted octanol–water partition coefficient (Wildman–Crippen LogP) is 1.19. The number of nitrogens with one attached hydrogen (secondary N) is 2. The van der Waals surface area contributed by atoms with Crippen molar-refractivity contribution >= 4 is 33.7 Å². The SMILES string of the molecule is CCCCCNC(=O)C1N([C@@H](CO)[C@@H](C)CC)C(=O)[C@@H]2[C@@H](C(=O)NC)[C@@H]3OC12CC3Br. The quantitative estimate of drug-likeness (QED) is 0.307. The summed E-state index contributed by atoms with van der Waals surface area (Å²) in [7, 11) is 1.55. The van der Waals surface area contributed by atoms with Crippen LogP contribution in [0.15, 0.2) is 0 Å². The van der Waals surface area contributed by atoms with Crippen molar-refractivity contribution < 1.29 is 24.2 Å². The van der Waals surface area contributed by atoms with E-state index < -0.39 is 35.6 Å². The topological polar surface area (TPSA) is 108 Å². The minimum absolute atomic E-state index is 0.00464. The molecule has 3 amide bonds. The summed E-state index contributed by atoms with van der Waals surface area (Å²) < 4.78 is 6.39. The number of hydrogen-bond donors (Lipinski definition) is 3. The van der Waals surface area contributed by atoms with Crippen molar-refractivity contribution in [1.82, 2.24) is 15.5 Å². The van der Waals surface area contributed by atoms with Crippen LogP contribution in [0.4, 0.5) is 0 Å². The monoisotopic (exact) mass is 501 g/mol. The molecule has 3 rings (SSSR count). The first-order valence-corrected chi connectivity index (χ1v) is 12.4. The number of aliphatic hydroxyl groups excluding tert-OH is 1. The molecule has 2 bridgehead atoms. The molecule has 8 nitrogen and oxygen atoms in total. The summed E-state index contributed by atoms with van der Waals surface area (Å²) in [4.78, 5) is 41.5. The highest BCUT2D eigenvalue weighted by molar-refractivity contribution is 9.09. The second kappa shape index (κ2) is 9.75. The summed E-state index contributed by atoms with van der Waals surface area (Å²) in [5.74, 6) is -2.16. The Labute approximate surface area is 193 Å². The van der Waals surface area contributed by atoms with Gasteiger partial charge in [0.15, 0.2) is 0 Å². The number of nitrogens with zero attached hydrogens (tertiary/aromatic N) is 1. The third-order valence-electron chi connectivity index (χ3n) is 7.45. The zero-order valence-electron chi connectivity index (χ0n) is 18.9. The van der Waals surface area contributed by atoms with Crippen LogP contribution in [0.1, 0.15) is 52.9 Å². The lowest BCUT2D eigenvalue weighted by Crippen LogP contribution is -2.59. The number of alkyl halides is 1. The van der Waals surface area contributed by atoms with Crippen molar-refractivity contribution in [3.8, 4) is 0 Å². The van der Waals surface area contributed by atoms with Gasteiger partial charge in [0.2, 0.25) is 17.7 Å². The Morgan fingerprint density at radius 2 is 2.03 bits per heavy atom. The first-order chi connectivity index (χ1) is 14.8. The van der Waals surface area contributed by atoms with Gasteiger partial charge in [-0.2, -0.15) is 0 Å². The number of rotatable bonds is 10. The number of ether oxygens (including phenoxy) is 1. The van der Waals surface area contributed by atoms with Gasteiger partial charge in [-0.15, -0.1) is 0 Å². The average molecular weight is 502 g/mol. The first kappa shape index (κ1) is 24.5. The maximum absolute atomic E-state index is 13.8. The Bertz CT molecular complexity index is 707. The van der Waals surface area contributed by atoms with Crippen molar-refractivity contribution in [2.45, 2.75) is 81.5 Å². The molecule has 0 radical (unpaired) electrons. The number of carbonyl (C=O) groups excluding carboxylic acids is 3. The summed E-state index contributed by atoms with van der Waals surface area (Å²) in [5.41, 5.74) is -1.07. The third-order valence-corrected chi connectivity index (χ3v) is 8.29. The number of unbranched alkanes of at least 4 members (excludes halogenated alkanes) is 2. The van der Waals surface area contributed by atoms with Crippen LogP contribution in [0.3, 0.4) is 0 Å². The molecule has 9 heteroatoms. The molecule has 0 aromatic heterocycles. The minimum Gasteiger partial charge on any atom is -0.394 e. The van der Waals surface area contributed by atoms with E-state index >= 15 is 0 Å². The van der Waals surface area contributed by atoms with E-state index in [0.717, 1.165) is 25.7 Å². The van der Waals surface area contributed by atoms with E-state index in [1.54, 1.807) is 11.9 Å². The minimum atomic E-state index is -1.07. The fourth-order valence-electron chi connectivity index (χ4n) is 5.69. The number of amides is 3. The highest BCUT2D eigenvalue weighted by Gasteiger charge is 2.77. The summed E-state index contributed by atoms with van der Waals surface area (Å²) in [6, 6.07) is -1.37. The van der Waals surface area contributed by atoms with Crippen molar-refractivity contribution in [3.05, 3.63) is 0 Å². The summed E-state index contributed by atoms with van der Waals surface area (Å²) in [5, 5.41) is 15.9. The van der Waals surface area contributed by atoms with E-state index in [0.29, 0.717) is 13.0 Å². The van der Waals surface area contributed by atoms with E-state index in [1.807, 2.05) is 13.8 Å². The van der Waals surface area contributed by atoms with Gasteiger partial charge in [0, 0.05) is 18.4 Å². The lowest BCUT2D eigenvalue weighted by atomic mass is 9.70. The molecule has 8 atom stereocenters. The van der Waals surface area contributed by atoms with Crippen LogP contribution in [0.5, 0.6) is 0 Å². The molecule has 3 unspecified atom stereocenters. The van der Waals surface area contributed by atoms with E-state index in [4.69, 9.17) is 4.74 Å². The zero-order valence-corrected chi connectivity index (χ0v) is 20.5. The molecule has 3 aliphatic heterocycles. The molecule has 3 fully saturated rings. The highest BCUT2D eigenvalue weighted by Crippen LogP contribution is 2.60. The summed E-state index contributed by atoms with van der Waals surface area (Å²) in [6.07, 6.45) is 3.68. The van der Waals surface area contributed by atoms with E-state index in [9.17, 15) is 19.5 Å². The highest BCUT2D eigenvalue weighted by atomic mass is 79.9. The Morgan fingerprint density at radius 1 is 1.32 bits per heavy atom. The Balaban J connectivity index is 2.01. The van der Waals surface area contributed by atoms with Crippen molar-refractivity contribution in [2.24, 2.45) is 17.8 Å². The molecule has 1 spiro atoms. The maximum Gasteiger partial charge on any atom is 0.245 e. The smallest absolute Gasteiger partial charge is 0.245 e. The standard InChI is InChI=1S/C22H36BrN3O5/c1-5-7-8-9-25-20(29)18-22-10-13(23)17(31-22)15(19(28)24-4)16(22)21(30)26(18)14(11-27)12(3)6-2/h12-18,27H,5-11H2,1-4H3,(H,24,28)(H,25,29)/t12-,13?,14-,15+,16-,17+,18?,22?/m0/s1. The maximum atomic E-state index is 13.8. The second-order valence-corrected chi connectivity index (χ2v) is 10.3. The first-order valence-electron chi connectivity index (χ1n) is 11.5. The normalized spacial score (nSPS) is 35.7. The average Bonchev–Trinajstić information content (AvgIpc) is 3.35. The van der Waals surface area contributed by atoms with Crippen molar-refractivity contribution in [3.63, 3.8) is 0 Å². The van der Waals surface area contributed by atoms with Crippen LogP contribution >= 0.6 is 15.9 Å². The number of carbonyl (C=O) groups is 3. The van der Waals surface area contributed by atoms with E-state index in [-0.39, 0.29) is 35.1 Å². The molecule has 0 aromatic carbocycles. The zero-order chi connectivity index (χ0) is 22.9. The van der Waals surface area contributed by atoms with Gasteiger partial charge in [-0.25, -0.2) is 0 Å². The number of fused-ring (bicyclic) bond motifs is 1. The number of aliphatic hydroxyl groups is 1. The van der Waals surface area contributed by atoms with E-state index in [2.05, 4.69) is 33.5 Å². The lowest BCUT2D eigenvalue weighted by molar-refractivity contribution is -0.147. The van der Waals surface area contributed by atoms with Gasteiger partial charge >= 0.3 is 0 Å². The molecule has 3 saturated heterocycles. The molecule has 176 valence electrons. The molecule has 3 N–H and O–H groups in total. The number of halogens is 1. The van der Waals surface area contributed by atoms with Gasteiger partial charge in [0.25, 0.3) is 0 Å². The molecule has 0 saturated carbocycles. The fourth-order valence-corrected chi connectivity index (χ4v) is 6.63. The molecule has 0 aromatic rings. The number of hydrogen-bond acceptors (Lipinski definition) is 5. The van der Waals surface area contributed by atoms with Gasteiger partial charge in [0.1, 0.15) is 11.6 Å². The summed E-state index contributed by atoms with van der Waals surface area (Å²) >= 11 is 3.64. The second-order valence-electron chi connectivity index (χ2n) is 9.16. The third kappa shape index (κ3) is 3.91. The van der Waals surface area contributed by atoms with Gasteiger partial charge in [-0.1, -0.05) is 56.0 Å². The van der Waals surface area contributed by atoms with Crippen LogP contribution in [0, 0.1) is 17.8 Å². The van der Waals surface area contributed by atoms with Gasteiger partial charge in [0.05, 0.1) is 30.6 Å². The lowest BCUT2D eigenvalue weighted by Gasteiger charge is -2.38. The van der Waals surface area contributed by atoms with Crippen molar-refractivity contribution in [2.75, 3.05) is 20.2 Å². The van der Waals surface area contributed by atoms with Crippen LogP contribution in [0.25, 0.3) is 0 Å². The molecular formula is C22H36BrN3O5. The van der Waals surface area contributed by atoms with Gasteiger partial charge in [-0.05, 0) is 18.8 Å². The van der Waals surface area contributed by atoms with Crippen molar-refractivity contribution in [1.29, 1.82) is 0 Å². The van der Waals surface area contributed by atoms with Crippen LogP contribution in [-0.4, -0.2) is 76.5 Å². The van der Waals surface area contributed by atoms with Crippen LogP contribution in [-0.2, 0) is 19.1 Å². The van der Waals surface area contributed by atoms with Gasteiger partial charge in [-0.3, -0.25) is 14.4 Å².